The van der Waals surface area contributed by atoms with Crippen LogP contribution in [0.2, 0.25) is 0 Å². The number of sulfone groups is 1. The molecule has 0 heterocycles. The zero-order valence-corrected chi connectivity index (χ0v) is 29.2. The van der Waals surface area contributed by atoms with Gasteiger partial charge in [0.05, 0.1) is 32.0 Å². The van der Waals surface area contributed by atoms with Crippen LogP contribution in [-0.2, 0) is 16.3 Å². The summed E-state index contributed by atoms with van der Waals surface area (Å²) in [5.41, 5.74) is 7.99. The lowest BCUT2D eigenvalue weighted by atomic mass is 9.94. The van der Waals surface area contributed by atoms with Crippen molar-refractivity contribution in [1.29, 1.82) is 0 Å². The van der Waals surface area contributed by atoms with Gasteiger partial charge in [0.2, 0.25) is 9.84 Å². The van der Waals surface area contributed by atoms with Crippen LogP contribution in [0.1, 0.15) is 80.4 Å². The Bertz CT molecular complexity index is 2040. The fraction of sp³-hybridized carbons (Fsp3) is 0.243. The van der Waals surface area contributed by atoms with Crippen molar-refractivity contribution >= 4 is 39.2 Å². The van der Waals surface area contributed by atoms with Gasteiger partial charge in [-0.2, -0.15) is 0 Å². The van der Waals surface area contributed by atoms with Crippen LogP contribution in [0.25, 0.3) is 0 Å². The van der Waals surface area contributed by atoms with Crippen molar-refractivity contribution in [2.24, 2.45) is 0 Å². The van der Waals surface area contributed by atoms with Crippen LogP contribution in [0.15, 0.2) is 70.5 Å². The summed E-state index contributed by atoms with van der Waals surface area (Å²) in [4.78, 5) is 50.9. The van der Waals surface area contributed by atoms with Crippen LogP contribution in [-0.4, -0.2) is 53.2 Å². The Balaban J connectivity index is 1.68. The van der Waals surface area contributed by atoms with Crippen LogP contribution < -0.4 is 21.3 Å². The van der Waals surface area contributed by atoms with Crippen molar-refractivity contribution < 1.29 is 27.6 Å². The lowest BCUT2D eigenvalue weighted by molar-refractivity contribution is 0.0929. The molecule has 48 heavy (non-hydrogen) atoms. The van der Waals surface area contributed by atoms with E-state index in [1.807, 2.05) is 26.0 Å². The highest BCUT2D eigenvalue weighted by atomic mass is 32.2. The summed E-state index contributed by atoms with van der Waals surface area (Å²) >= 11 is 0. The van der Waals surface area contributed by atoms with Gasteiger partial charge in [-0.3, -0.25) is 19.2 Å². The minimum atomic E-state index is -4.29. The number of hydrogen-bond acceptors (Lipinski definition) is 6. The fourth-order valence-electron chi connectivity index (χ4n) is 5.69. The van der Waals surface area contributed by atoms with E-state index in [2.05, 4.69) is 54.2 Å². The Kier molecular flexibility index (Phi) is 10.5. The van der Waals surface area contributed by atoms with E-state index < -0.39 is 33.5 Å². The Hall–Kier alpha value is -5.29. The second-order valence-electron chi connectivity index (χ2n) is 11.7. The number of benzene rings is 4. The molecule has 4 rings (SSSR count). The van der Waals surface area contributed by atoms with Gasteiger partial charge in [-0.1, -0.05) is 24.3 Å². The molecule has 0 atom stereocenters. The summed E-state index contributed by atoms with van der Waals surface area (Å²) in [6, 6.07) is 15.6. The summed E-state index contributed by atoms with van der Waals surface area (Å²) in [6.45, 7) is 10.1. The van der Waals surface area contributed by atoms with E-state index in [0.29, 0.717) is 5.69 Å². The molecule has 0 radical (unpaired) electrons. The molecule has 10 nitrogen and oxygen atoms in total. The van der Waals surface area contributed by atoms with Gasteiger partial charge in [0.15, 0.2) is 0 Å². The molecule has 4 amide bonds. The van der Waals surface area contributed by atoms with Crippen molar-refractivity contribution in [2.45, 2.75) is 50.8 Å². The standard InChI is InChI=1S/C37H40N4O6S/c1-20-13-25(14-21(2)24(20)5)17-26-15-22(3)33(23(4)16-26)41-37(45)30-12-10-28(19-32(30)36(44)40-8)48(46,47)27-9-11-29(34(42)38-6)31(18-27)35(43)39-7/h9-16,18-19H,17H2,1-8H3,(H,38,42)(H,39,43)(H,40,44)(H,41,45). The normalized spacial score (nSPS) is 11.1. The predicted octanol–water partition coefficient (Wildman–Crippen LogP) is 4.98. The topological polar surface area (TPSA) is 151 Å². The number of carbonyl (C=O) groups is 4. The van der Waals surface area contributed by atoms with Crippen LogP contribution in [0, 0.1) is 34.6 Å². The molecular weight excluding hydrogens is 628 g/mol. The van der Waals surface area contributed by atoms with Gasteiger partial charge in [-0.05, 0) is 116 Å². The number of rotatable bonds is 9. The molecule has 4 N–H and O–H groups in total. The lowest BCUT2D eigenvalue weighted by Crippen LogP contribution is -2.26. The number of hydrogen-bond donors (Lipinski definition) is 4. The summed E-state index contributed by atoms with van der Waals surface area (Å²) < 4.78 is 27.4. The molecule has 0 fully saturated rings. The first-order valence-electron chi connectivity index (χ1n) is 15.3. The van der Waals surface area contributed by atoms with E-state index in [1.165, 1.54) is 67.7 Å². The Morgan fingerprint density at radius 1 is 0.521 bits per heavy atom. The van der Waals surface area contributed by atoms with Gasteiger partial charge >= 0.3 is 0 Å². The highest BCUT2D eigenvalue weighted by Crippen LogP contribution is 2.29. The summed E-state index contributed by atoms with van der Waals surface area (Å²) in [6.07, 6.45) is 0.730. The third kappa shape index (κ3) is 7.16. The molecule has 250 valence electrons. The third-order valence-electron chi connectivity index (χ3n) is 8.49. The SMILES string of the molecule is CNC(=O)c1ccc(S(=O)(=O)c2ccc(C(=O)Nc3c(C)cc(Cc4cc(C)c(C)c(C)c4)cc3C)c(C(=O)NC)c2)cc1C(=O)NC. The first-order chi connectivity index (χ1) is 22.6. The monoisotopic (exact) mass is 668 g/mol. The second kappa shape index (κ2) is 14.2. The Morgan fingerprint density at radius 3 is 1.31 bits per heavy atom. The molecule has 0 aliphatic heterocycles. The molecular formula is C37H40N4O6S. The highest BCUT2D eigenvalue weighted by molar-refractivity contribution is 7.91. The van der Waals surface area contributed by atoms with Crippen LogP contribution in [0.4, 0.5) is 5.69 Å². The van der Waals surface area contributed by atoms with Gasteiger partial charge < -0.3 is 21.3 Å². The van der Waals surface area contributed by atoms with Crippen molar-refractivity contribution in [2.75, 3.05) is 26.5 Å². The first kappa shape index (κ1) is 35.6. The molecule has 4 aromatic carbocycles. The summed E-state index contributed by atoms with van der Waals surface area (Å²) in [5, 5.41) is 10.2. The average Bonchev–Trinajstić information content (AvgIpc) is 3.06. The maximum atomic E-state index is 13.7. The molecule has 0 spiro atoms. The third-order valence-corrected chi connectivity index (χ3v) is 10.2. The molecule has 4 aromatic rings. The minimum absolute atomic E-state index is 0.00664. The van der Waals surface area contributed by atoms with Gasteiger partial charge in [-0.25, -0.2) is 8.42 Å². The highest BCUT2D eigenvalue weighted by Gasteiger charge is 2.26. The molecule has 11 heteroatoms. The van der Waals surface area contributed by atoms with Gasteiger partial charge in [0.1, 0.15) is 0 Å². The molecule has 0 saturated carbocycles. The van der Waals surface area contributed by atoms with Gasteiger partial charge in [0.25, 0.3) is 23.6 Å². The van der Waals surface area contributed by atoms with Crippen LogP contribution in [0.5, 0.6) is 0 Å². The number of anilines is 1. The van der Waals surface area contributed by atoms with Crippen LogP contribution >= 0.6 is 0 Å². The molecule has 0 aliphatic carbocycles. The largest absolute Gasteiger partial charge is 0.355 e. The maximum Gasteiger partial charge on any atom is 0.256 e. The van der Waals surface area contributed by atoms with E-state index in [4.69, 9.17) is 0 Å². The van der Waals surface area contributed by atoms with Gasteiger partial charge in [-0.15, -0.1) is 0 Å². The molecule has 0 unspecified atom stereocenters. The quantitative estimate of drug-likeness (QED) is 0.198. The number of aryl methyl sites for hydroxylation is 4. The Morgan fingerprint density at radius 2 is 0.896 bits per heavy atom. The van der Waals surface area contributed by atoms with Crippen molar-refractivity contribution in [3.05, 3.63) is 122 Å². The van der Waals surface area contributed by atoms with E-state index in [-0.39, 0.29) is 32.0 Å². The molecule has 0 saturated heterocycles. The lowest BCUT2D eigenvalue weighted by Gasteiger charge is -2.17. The zero-order valence-electron chi connectivity index (χ0n) is 28.3. The average molecular weight is 669 g/mol. The summed E-state index contributed by atoms with van der Waals surface area (Å²) in [5.74, 6) is -2.46. The summed E-state index contributed by atoms with van der Waals surface area (Å²) in [7, 11) is -0.161. The smallest absolute Gasteiger partial charge is 0.256 e. The van der Waals surface area contributed by atoms with Crippen molar-refractivity contribution in [3.8, 4) is 0 Å². The van der Waals surface area contributed by atoms with E-state index >= 15 is 0 Å². The zero-order chi connectivity index (χ0) is 35.5. The van der Waals surface area contributed by atoms with E-state index in [9.17, 15) is 27.6 Å². The molecule has 0 bridgehead atoms. The number of carbonyl (C=O) groups excluding carboxylic acids is 4. The van der Waals surface area contributed by atoms with Crippen molar-refractivity contribution in [1.82, 2.24) is 16.0 Å². The predicted molar refractivity (Wildman–Crippen MR) is 186 cm³/mol. The van der Waals surface area contributed by atoms with Crippen molar-refractivity contribution in [3.63, 3.8) is 0 Å². The molecule has 0 aliphatic rings. The first-order valence-corrected chi connectivity index (χ1v) is 16.8. The minimum Gasteiger partial charge on any atom is -0.355 e. The van der Waals surface area contributed by atoms with Crippen LogP contribution in [0.3, 0.4) is 0 Å². The number of amides is 4. The molecule has 0 aromatic heterocycles. The van der Waals surface area contributed by atoms with E-state index in [0.717, 1.165) is 35.2 Å². The second-order valence-corrected chi connectivity index (χ2v) is 13.7. The van der Waals surface area contributed by atoms with E-state index in [1.54, 1.807) is 0 Å². The van der Waals surface area contributed by atoms with Gasteiger partial charge in [0, 0.05) is 26.8 Å². The maximum absolute atomic E-state index is 13.7. The Labute approximate surface area is 281 Å². The fourth-order valence-corrected chi connectivity index (χ4v) is 7.00. The number of nitrogens with one attached hydrogen (secondary N) is 4.